The van der Waals surface area contributed by atoms with E-state index in [9.17, 15) is 14.4 Å². The molecule has 8 heteroatoms. The average molecular weight is 512 g/mol. The van der Waals surface area contributed by atoms with E-state index in [0.717, 1.165) is 25.3 Å². The Kier molecular flexibility index (Phi) is 6.79. The number of nitrogens with one attached hydrogen (secondary N) is 2. The Hall–Kier alpha value is -4.01. The molecule has 5 rings (SSSR count). The molecule has 1 heterocycles. The molecule has 0 fully saturated rings. The SMILES string of the molecule is CC(=O)c1ccc(NC(=O)CSc2nc3ccc(NC(=O)c4cccc5ccccc45)cc3s2)cc1. The number of hydrogen-bond acceptors (Lipinski definition) is 6. The Morgan fingerprint density at radius 2 is 1.61 bits per heavy atom. The molecule has 2 N–H and O–H groups in total. The number of thioether (sulfide) groups is 1. The van der Waals surface area contributed by atoms with Gasteiger partial charge in [0.15, 0.2) is 10.1 Å². The van der Waals surface area contributed by atoms with Crippen LogP contribution in [0.15, 0.2) is 89.3 Å². The van der Waals surface area contributed by atoms with Crippen LogP contribution in [-0.4, -0.2) is 28.3 Å². The van der Waals surface area contributed by atoms with E-state index in [1.807, 2.05) is 60.7 Å². The first-order chi connectivity index (χ1) is 17.5. The molecule has 4 aromatic carbocycles. The number of anilines is 2. The second-order valence-corrected chi connectivity index (χ2v) is 10.4. The number of aromatic nitrogens is 1. The van der Waals surface area contributed by atoms with Crippen LogP contribution in [-0.2, 0) is 4.79 Å². The molecule has 1 aromatic heterocycles. The molecule has 5 aromatic rings. The minimum Gasteiger partial charge on any atom is -0.325 e. The zero-order valence-corrected chi connectivity index (χ0v) is 20.9. The maximum atomic E-state index is 13.0. The van der Waals surface area contributed by atoms with Crippen LogP contribution in [0.25, 0.3) is 21.0 Å². The number of ketones is 1. The third-order valence-electron chi connectivity index (χ3n) is 5.56. The first kappa shape index (κ1) is 23.7. The summed E-state index contributed by atoms with van der Waals surface area (Å²) in [5.74, 6) is -0.134. The topological polar surface area (TPSA) is 88.2 Å². The minimum atomic E-state index is -0.168. The molecular weight excluding hydrogens is 490 g/mol. The van der Waals surface area contributed by atoms with Crippen LogP contribution in [0.4, 0.5) is 11.4 Å². The van der Waals surface area contributed by atoms with E-state index in [1.54, 1.807) is 24.3 Å². The van der Waals surface area contributed by atoms with Gasteiger partial charge in [0, 0.05) is 22.5 Å². The van der Waals surface area contributed by atoms with Gasteiger partial charge < -0.3 is 10.6 Å². The van der Waals surface area contributed by atoms with Crippen molar-refractivity contribution in [3.05, 3.63) is 96.1 Å². The Morgan fingerprint density at radius 3 is 2.42 bits per heavy atom. The second-order valence-electron chi connectivity index (χ2n) is 8.11. The Labute approximate surface area is 215 Å². The number of hydrogen-bond donors (Lipinski definition) is 2. The maximum absolute atomic E-state index is 13.0. The molecule has 0 radical (unpaired) electrons. The van der Waals surface area contributed by atoms with Crippen molar-refractivity contribution in [2.75, 3.05) is 16.4 Å². The summed E-state index contributed by atoms with van der Waals surface area (Å²) in [6.45, 7) is 1.50. The standard InChI is InChI=1S/C28H21N3O3S2/c1-17(32)18-9-11-20(12-10-18)29-26(33)16-35-28-31-24-14-13-21(15-25(24)36-28)30-27(34)23-8-4-6-19-5-2-3-7-22(19)23/h2-15H,16H2,1H3,(H,29,33)(H,30,34). The Balaban J connectivity index is 1.23. The van der Waals surface area contributed by atoms with E-state index >= 15 is 0 Å². The van der Waals surface area contributed by atoms with Crippen LogP contribution in [0.1, 0.15) is 27.6 Å². The molecule has 178 valence electrons. The van der Waals surface area contributed by atoms with Crippen LogP contribution >= 0.6 is 23.1 Å². The van der Waals surface area contributed by atoms with Crippen LogP contribution < -0.4 is 10.6 Å². The zero-order chi connectivity index (χ0) is 25.1. The van der Waals surface area contributed by atoms with Gasteiger partial charge in [-0.2, -0.15) is 0 Å². The smallest absolute Gasteiger partial charge is 0.256 e. The molecule has 0 spiro atoms. The molecule has 36 heavy (non-hydrogen) atoms. The largest absolute Gasteiger partial charge is 0.325 e. The molecule has 0 aliphatic rings. The number of carbonyl (C=O) groups excluding carboxylic acids is 3. The fraction of sp³-hybridized carbons (Fsp3) is 0.0714. The van der Waals surface area contributed by atoms with E-state index in [1.165, 1.54) is 30.0 Å². The predicted octanol–water partition coefficient (Wildman–Crippen LogP) is 6.64. The number of carbonyl (C=O) groups is 3. The monoisotopic (exact) mass is 511 g/mol. The second kappa shape index (κ2) is 10.3. The lowest BCUT2D eigenvalue weighted by Gasteiger charge is -2.08. The number of nitrogens with zero attached hydrogens (tertiary/aromatic N) is 1. The van der Waals surface area contributed by atoms with Crippen molar-refractivity contribution in [3.8, 4) is 0 Å². The van der Waals surface area contributed by atoms with Crippen molar-refractivity contribution in [1.82, 2.24) is 4.98 Å². The van der Waals surface area contributed by atoms with Gasteiger partial charge in [0.2, 0.25) is 5.91 Å². The van der Waals surface area contributed by atoms with Gasteiger partial charge >= 0.3 is 0 Å². The molecule has 0 aliphatic heterocycles. The van der Waals surface area contributed by atoms with E-state index < -0.39 is 0 Å². The lowest BCUT2D eigenvalue weighted by Crippen LogP contribution is -2.13. The Bertz CT molecular complexity index is 1600. The summed E-state index contributed by atoms with van der Waals surface area (Å²) in [6.07, 6.45) is 0. The molecule has 0 atom stereocenters. The number of benzene rings is 4. The number of amides is 2. The molecule has 0 unspecified atom stereocenters. The van der Waals surface area contributed by atoms with E-state index in [2.05, 4.69) is 15.6 Å². The van der Waals surface area contributed by atoms with Crippen molar-refractivity contribution >= 4 is 73.1 Å². The molecule has 2 amide bonds. The highest BCUT2D eigenvalue weighted by Gasteiger charge is 2.12. The molecule has 0 saturated heterocycles. The quantitative estimate of drug-likeness (QED) is 0.189. The highest BCUT2D eigenvalue weighted by Crippen LogP contribution is 2.31. The highest BCUT2D eigenvalue weighted by molar-refractivity contribution is 8.01. The third kappa shape index (κ3) is 5.30. The molecule has 0 aliphatic carbocycles. The summed E-state index contributed by atoms with van der Waals surface area (Å²) in [4.78, 5) is 41.3. The summed E-state index contributed by atoms with van der Waals surface area (Å²) in [5.41, 5.74) is 3.36. The van der Waals surface area contributed by atoms with Gasteiger partial charge in [-0.1, -0.05) is 48.2 Å². The summed E-state index contributed by atoms with van der Waals surface area (Å²) >= 11 is 2.83. The summed E-state index contributed by atoms with van der Waals surface area (Å²) < 4.78 is 1.69. The normalized spacial score (nSPS) is 10.9. The van der Waals surface area contributed by atoms with Gasteiger partial charge in [0.05, 0.1) is 16.0 Å². The van der Waals surface area contributed by atoms with Crippen LogP contribution in [0.2, 0.25) is 0 Å². The van der Waals surface area contributed by atoms with Crippen molar-refractivity contribution in [2.24, 2.45) is 0 Å². The summed E-state index contributed by atoms with van der Waals surface area (Å²) in [5, 5.41) is 7.74. The van der Waals surface area contributed by atoms with Crippen LogP contribution in [0.3, 0.4) is 0 Å². The summed E-state index contributed by atoms with van der Waals surface area (Å²) in [7, 11) is 0. The lowest BCUT2D eigenvalue weighted by molar-refractivity contribution is -0.113. The summed E-state index contributed by atoms with van der Waals surface area (Å²) in [6, 6.07) is 25.9. The van der Waals surface area contributed by atoms with Crippen molar-refractivity contribution in [2.45, 2.75) is 11.3 Å². The highest BCUT2D eigenvalue weighted by atomic mass is 32.2. The fourth-order valence-electron chi connectivity index (χ4n) is 3.78. The zero-order valence-electron chi connectivity index (χ0n) is 19.3. The van der Waals surface area contributed by atoms with E-state index in [4.69, 9.17) is 0 Å². The minimum absolute atomic E-state index is 0.0180. The predicted molar refractivity (Wildman–Crippen MR) is 147 cm³/mol. The average Bonchev–Trinajstić information content (AvgIpc) is 3.29. The van der Waals surface area contributed by atoms with E-state index in [-0.39, 0.29) is 23.4 Å². The first-order valence-electron chi connectivity index (χ1n) is 11.2. The van der Waals surface area contributed by atoms with Gasteiger partial charge in [0.1, 0.15) is 0 Å². The van der Waals surface area contributed by atoms with Crippen molar-refractivity contribution < 1.29 is 14.4 Å². The molecular formula is C28H21N3O3S2. The number of thiazole rings is 1. The van der Waals surface area contributed by atoms with Gasteiger partial charge in [0.25, 0.3) is 5.91 Å². The maximum Gasteiger partial charge on any atom is 0.256 e. The molecule has 0 bridgehead atoms. The molecule has 6 nitrogen and oxygen atoms in total. The fourth-order valence-corrected chi connectivity index (χ4v) is 5.69. The first-order valence-corrected chi connectivity index (χ1v) is 13.0. The van der Waals surface area contributed by atoms with Gasteiger partial charge in [-0.25, -0.2) is 4.98 Å². The van der Waals surface area contributed by atoms with Gasteiger partial charge in [-0.05, 0) is 66.2 Å². The van der Waals surface area contributed by atoms with Crippen LogP contribution in [0, 0.1) is 0 Å². The van der Waals surface area contributed by atoms with E-state index in [0.29, 0.717) is 22.5 Å². The number of rotatable bonds is 7. The van der Waals surface area contributed by atoms with Gasteiger partial charge in [-0.3, -0.25) is 14.4 Å². The van der Waals surface area contributed by atoms with Crippen molar-refractivity contribution in [3.63, 3.8) is 0 Å². The van der Waals surface area contributed by atoms with Crippen LogP contribution in [0.5, 0.6) is 0 Å². The number of Topliss-reactive ketones (excluding diaryl/α,β-unsaturated/α-hetero) is 1. The number of fused-ring (bicyclic) bond motifs is 2. The van der Waals surface area contributed by atoms with Gasteiger partial charge in [-0.15, -0.1) is 11.3 Å². The van der Waals surface area contributed by atoms with Crippen molar-refractivity contribution in [1.29, 1.82) is 0 Å². The molecule has 0 saturated carbocycles. The third-order valence-corrected chi connectivity index (χ3v) is 7.72. The Morgan fingerprint density at radius 1 is 0.861 bits per heavy atom. The lowest BCUT2D eigenvalue weighted by atomic mass is 10.0.